The van der Waals surface area contributed by atoms with Crippen molar-refractivity contribution < 1.29 is 24.2 Å². The maximum atomic E-state index is 12.3. The van der Waals surface area contributed by atoms with Gasteiger partial charge in [0.15, 0.2) is 0 Å². The van der Waals surface area contributed by atoms with Crippen LogP contribution in [0, 0.1) is 5.92 Å². The zero-order chi connectivity index (χ0) is 15.2. The maximum absolute atomic E-state index is 12.3. The Bertz CT molecular complexity index is 359. The Morgan fingerprint density at radius 3 is 2.62 bits per heavy atom. The second kappa shape index (κ2) is 7.75. The lowest BCUT2D eigenvalue weighted by Crippen LogP contribution is -2.44. The van der Waals surface area contributed by atoms with Gasteiger partial charge >= 0.3 is 5.97 Å². The Labute approximate surface area is 125 Å². The summed E-state index contributed by atoms with van der Waals surface area (Å²) < 4.78 is 11.1. The number of aliphatic carboxylic acids is 1. The molecule has 21 heavy (non-hydrogen) atoms. The third-order valence-electron chi connectivity index (χ3n) is 4.29. The largest absolute Gasteiger partial charge is 0.481 e. The Kier molecular flexibility index (Phi) is 5.99. The minimum atomic E-state index is -0.756. The number of amides is 1. The number of carbonyl (C=O) groups excluding carboxylic acids is 1. The van der Waals surface area contributed by atoms with Crippen LogP contribution in [0.1, 0.15) is 39.0 Å². The van der Waals surface area contributed by atoms with Gasteiger partial charge < -0.3 is 19.5 Å². The van der Waals surface area contributed by atoms with Crippen LogP contribution in [0.2, 0.25) is 0 Å². The van der Waals surface area contributed by atoms with Gasteiger partial charge in [-0.3, -0.25) is 9.59 Å². The molecule has 0 spiro atoms. The summed E-state index contributed by atoms with van der Waals surface area (Å²) in [6, 6.07) is 0. The van der Waals surface area contributed by atoms with Crippen molar-refractivity contribution >= 4 is 11.9 Å². The molecule has 0 aromatic heterocycles. The van der Waals surface area contributed by atoms with Gasteiger partial charge in [0.25, 0.3) is 5.91 Å². The van der Waals surface area contributed by atoms with Crippen molar-refractivity contribution in [2.24, 2.45) is 5.92 Å². The molecule has 2 aliphatic rings. The highest BCUT2D eigenvalue weighted by Gasteiger charge is 2.28. The lowest BCUT2D eigenvalue weighted by atomic mass is 9.93. The number of likely N-dealkylation sites (tertiary alicyclic amines) is 1. The lowest BCUT2D eigenvalue weighted by molar-refractivity contribution is -0.146. The molecular formula is C15H25NO5. The van der Waals surface area contributed by atoms with Crippen molar-refractivity contribution in [3.8, 4) is 0 Å². The molecule has 0 radical (unpaired) electrons. The minimum absolute atomic E-state index is 0.00164. The van der Waals surface area contributed by atoms with Gasteiger partial charge in [0.05, 0.1) is 12.7 Å². The van der Waals surface area contributed by atoms with Crippen molar-refractivity contribution in [1.29, 1.82) is 0 Å². The monoisotopic (exact) mass is 299 g/mol. The van der Waals surface area contributed by atoms with Crippen molar-refractivity contribution in [2.75, 3.05) is 26.3 Å². The molecule has 0 unspecified atom stereocenters. The third-order valence-corrected chi connectivity index (χ3v) is 4.29. The molecule has 0 bridgehead atoms. The minimum Gasteiger partial charge on any atom is -0.481 e. The van der Waals surface area contributed by atoms with Gasteiger partial charge in [0, 0.05) is 26.1 Å². The van der Waals surface area contributed by atoms with Crippen LogP contribution >= 0.6 is 0 Å². The number of rotatable bonds is 6. The summed E-state index contributed by atoms with van der Waals surface area (Å²) in [5.41, 5.74) is 0. The quantitative estimate of drug-likeness (QED) is 0.799. The first-order chi connectivity index (χ1) is 10.1. The Morgan fingerprint density at radius 1 is 1.33 bits per heavy atom. The summed E-state index contributed by atoms with van der Waals surface area (Å²) in [4.78, 5) is 24.8. The van der Waals surface area contributed by atoms with E-state index in [9.17, 15) is 9.59 Å². The van der Waals surface area contributed by atoms with Gasteiger partial charge in [-0.05, 0) is 38.5 Å². The molecule has 2 fully saturated rings. The number of carboxylic acid groups (broad SMARTS) is 1. The van der Waals surface area contributed by atoms with Crippen LogP contribution in [0.3, 0.4) is 0 Å². The van der Waals surface area contributed by atoms with E-state index in [-0.39, 0.29) is 24.3 Å². The van der Waals surface area contributed by atoms with Gasteiger partial charge in [-0.1, -0.05) is 0 Å². The van der Waals surface area contributed by atoms with Crippen molar-refractivity contribution in [3.63, 3.8) is 0 Å². The van der Waals surface area contributed by atoms with E-state index >= 15 is 0 Å². The molecule has 6 nitrogen and oxygen atoms in total. The summed E-state index contributed by atoms with van der Waals surface area (Å²) in [7, 11) is 0. The number of hydrogen-bond acceptors (Lipinski definition) is 4. The molecule has 1 N–H and O–H groups in total. The smallest absolute Gasteiger partial charge is 0.303 e. The zero-order valence-electron chi connectivity index (χ0n) is 12.6. The van der Waals surface area contributed by atoms with E-state index in [1.54, 1.807) is 11.8 Å². The van der Waals surface area contributed by atoms with Gasteiger partial charge in [-0.2, -0.15) is 0 Å². The summed E-state index contributed by atoms with van der Waals surface area (Å²) in [5.74, 6) is -0.565. The number of hydrogen-bond donors (Lipinski definition) is 1. The first kappa shape index (κ1) is 16.2. The highest BCUT2D eigenvalue weighted by atomic mass is 16.5. The summed E-state index contributed by atoms with van der Waals surface area (Å²) in [5, 5.41) is 8.79. The molecule has 0 aliphatic carbocycles. The van der Waals surface area contributed by atoms with E-state index in [1.807, 2.05) is 0 Å². The van der Waals surface area contributed by atoms with Crippen molar-refractivity contribution in [3.05, 3.63) is 0 Å². The molecule has 0 aromatic carbocycles. The zero-order valence-corrected chi connectivity index (χ0v) is 12.6. The summed E-state index contributed by atoms with van der Waals surface area (Å²) in [6.07, 6.45) is 3.46. The SMILES string of the molecule is C[C@H](OC[C@H]1CCCO1)C(=O)N1CCC(CC(=O)O)CC1. The van der Waals surface area contributed by atoms with Crippen LogP contribution in [0.5, 0.6) is 0 Å². The molecule has 0 aromatic rings. The van der Waals surface area contributed by atoms with Crippen LogP contribution in [0.25, 0.3) is 0 Å². The fourth-order valence-electron chi connectivity index (χ4n) is 2.96. The number of carboxylic acids is 1. The predicted molar refractivity (Wildman–Crippen MR) is 75.9 cm³/mol. The molecule has 0 saturated carbocycles. The second-order valence-electron chi connectivity index (χ2n) is 5.98. The number of ether oxygens (including phenoxy) is 2. The van der Waals surface area contributed by atoms with Crippen LogP contribution in [-0.2, 0) is 19.1 Å². The second-order valence-corrected chi connectivity index (χ2v) is 5.98. The summed E-state index contributed by atoms with van der Waals surface area (Å²) in [6.45, 7) is 4.30. The Morgan fingerprint density at radius 2 is 2.05 bits per heavy atom. The van der Waals surface area contributed by atoms with Gasteiger partial charge in [0.2, 0.25) is 0 Å². The van der Waals surface area contributed by atoms with Gasteiger partial charge in [-0.25, -0.2) is 0 Å². The Hall–Kier alpha value is -1.14. The van der Waals surface area contributed by atoms with Crippen LogP contribution < -0.4 is 0 Å². The lowest BCUT2D eigenvalue weighted by Gasteiger charge is -2.33. The van der Waals surface area contributed by atoms with Gasteiger partial charge in [0.1, 0.15) is 6.10 Å². The van der Waals surface area contributed by atoms with E-state index in [1.165, 1.54) is 0 Å². The fourth-order valence-corrected chi connectivity index (χ4v) is 2.96. The maximum Gasteiger partial charge on any atom is 0.303 e. The van der Waals surface area contributed by atoms with Crippen LogP contribution in [-0.4, -0.2) is 60.4 Å². The average Bonchev–Trinajstić information content (AvgIpc) is 2.97. The first-order valence-corrected chi connectivity index (χ1v) is 7.80. The molecule has 2 heterocycles. The van der Waals surface area contributed by atoms with Crippen LogP contribution in [0.4, 0.5) is 0 Å². The van der Waals surface area contributed by atoms with E-state index in [0.29, 0.717) is 19.7 Å². The van der Waals surface area contributed by atoms with E-state index in [4.69, 9.17) is 14.6 Å². The average molecular weight is 299 g/mol. The van der Waals surface area contributed by atoms with Crippen LogP contribution in [0.15, 0.2) is 0 Å². The first-order valence-electron chi connectivity index (χ1n) is 7.80. The van der Waals surface area contributed by atoms with Gasteiger partial charge in [-0.15, -0.1) is 0 Å². The van der Waals surface area contributed by atoms with E-state index in [0.717, 1.165) is 32.3 Å². The molecule has 1 amide bonds. The number of nitrogens with zero attached hydrogens (tertiary/aromatic N) is 1. The predicted octanol–water partition coefficient (Wildman–Crippen LogP) is 1.28. The third kappa shape index (κ3) is 4.97. The topological polar surface area (TPSA) is 76.1 Å². The standard InChI is InChI=1S/C15H25NO5/c1-11(21-10-13-3-2-8-20-13)15(19)16-6-4-12(5-7-16)9-14(17)18/h11-13H,2-10H2,1H3,(H,17,18)/t11-,13+/m0/s1. The fraction of sp³-hybridized carbons (Fsp3) is 0.867. The molecule has 120 valence electrons. The molecule has 2 atom stereocenters. The van der Waals surface area contributed by atoms with Crippen molar-refractivity contribution in [1.82, 2.24) is 4.90 Å². The normalized spacial score (nSPS) is 25.0. The molecule has 2 aliphatic heterocycles. The molecule has 2 saturated heterocycles. The van der Waals surface area contributed by atoms with Crippen molar-refractivity contribution in [2.45, 2.75) is 51.2 Å². The highest BCUT2D eigenvalue weighted by molar-refractivity contribution is 5.80. The molecule has 2 rings (SSSR count). The molecular weight excluding hydrogens is 274 g/mol. The number of piperidine rings is 1. The van der Waals surface area contributed by atoms with E-state index in [2.05, 4.69) is 0 Å². The number of carbonyl (C=O) groups is 2. The van der Waals surface area contributed by atoms with E-state index < -0.39 is 12.1 Å². The molecule has 6 heteroatoms. The highest BCUT2D eigenvalue weighted by Crippen LogP contribution is 2.21. The summed E-state index contributed by atoms with van der Waals surface area (Å²) >= 11 is 0. The Balaban J connectivity index is 1.69.